The molecule has 0 fully saturated rings. The van der Waals surface area contributed by atoms with Gasteiger partial charge in [-0.05, 0) is 42.3 Å². The summed E-state index contributed by atoms with van der Waals surface area (Å²) in [7, 11) is 1.49. The van der Waals surface area contributed by atoms with Crippen LogP contribution in [0.5, 0.6) is 23.0 Å². The molecule has 1 N–H and O–H groups in total. The maximum atomic E-state index is 12.8. The number of methoxy groups -OCH3 is 1. The predicted molar refractivity (Wildman–Crippen MR) is 138 cm³/mol. The summed E-state index contributed by atoms with van der Waals surface area (Å²) in [5, 5.41) is 14.1. The normalized spacial score (nSPS) is 10.4. The van der Waals surface area contributed by atoms with Gasteiger partial charge in [0.05, 0.1) is 23.8 Å². The number of allylic oxidation sites excluding steroid dienone is 1. The molecule has 0 aliphatic rings. The number of anilines is 1. The minimum absolute atomic E-state index is 0.0247. The van der Waals surface area contributed by atoms with E-state index in [9.17, 15) is 14.9 Å². The topological polar surface area (TPSA) is 113 Å². The summed E-state index contributed by atoms with van der Waals surface area (Å²) < 4.78 is 22.5. The molecule has 0 saturated carbocycles. The molecule has 4 rings (SSSR count). The van der Waals surface area contributed by atoms with Crippen molar-refractivity contribution >= 4 is 17.3 Å². The third-order valence-corrected chi connectivity index (χ3v) is 5.25. The second-order valence-electron chi connectivity index (χ2n) is 7.83. The molecule has 3 aromatic carbocycles. The Hall–Kier alpha value is -5.05. The fourth-order valence-electron chi connectivity index (χ4n) is 3.54. The van der Waals surface area contributed by atoms with E-state index in [0.29, 0.717) is 29.4 Å². The van der Waals surface area contributed by atoms with Crippen LogP contribution in [0.25, 0.3) is 0 Å². The van der Waals surface area contributed by atoms with Crippen LogP contribution in [-0.2, 0) is 13.0 Å². The highest BCUT2D eigenvalue weighted by atomic mass is 16.6. The number of amides is 1. The van der Waals surface area contributed by atoms with Crippen LogP contribution in [0, 0.1) is 10.1 Å². The molecular formula is C28H24N2O7. The number of rotatable bonds is 11. The van der Waals surface area contributed by atoms with E-state index in [1.807, 2.05) is 24.3 Å². The number of carbonyl (C=O) groups is 1. The van der Waals surface area contributed by atoms with Gasteiger partial charge in [-0.3, -0.25) is 14.9 Å². The number of nitro groups is 1. The molecule has 1 heterocycles. The lowest BCUT2D eigenvalue weighted by atomic mass is 10.1. The molecule has 9 nitrogen and oxygen atoms in total. The van der Waals surface area contributed by atoms with E-state index in [1.54, 1.807) is 36.4 Å². The standard InChI is InChI=1S/C28H24N2O7/c1-3-8-19-9-4-5-10-24(19)35-18-22-13-14-27(36-22)28(31)29-20-15-21(30(32)33)17-23(16-20)37-26-12-7-6-11-25(26)34-2/h3-7,9-17H,1,8,18H2,2H3,(H,29,31). The molecule has 188 valence electrons. The minimum atomic E-state index is -0.581. The van der Waals surface area contributed by atoms with E-state index in [2.05, 4.69) is 11.9 Å². The van der Waals surface area contributed by atoms with Crippen LogP contribution in [-0.4, -0.2) is 17.9 Å². The highest BCUT2D eigenvalue weighted by Gasteiger charge is 2.17. The zero-order valence-corrected chi connectivity index (χ0v) is 20.0. The molecular weight excluding hydrogens is 476 g/mol. The number of hydrogen-bond acceptors (Lipinski definition) is 7. The molecule has 0 aliphatic heterocycles. The number of non-ortho nitro benzene ring substituents is 1. The third kappa shape index (κ3) is 6.34. The van der Waals surface area contributed by atoms with Crippen molar-refractivity contribution in [2.45, 2.75) is 13.0 Å². The lowest BCUT2D eigenvalue weighted by Crippen LogP contribution is -2.11. The minimum Gasteiger partial charge on any atom is -0.493 e. The summed E-state index contributed by atoms with van der Waals surface area (Å²) in [4.78, 5) is 23.7. The van der Waals surface area contributed by atoms with Gasteiger partial charge in [-0.1, -0.05) is 36.4 Å². The number of nitrogens with one attached hydrogen (secondary N) is 1. The van der Waals surface area contributed by atoms with Crippen molar-refractivity contribution < 1.29 is 28.3 Å². The van der Waals surface area contributed by atoms with Crippen molar-refractivity contribution in [2.75, 3.05) is 12.4 Å². The van der Waals surface area contributed by atoms with E-state index in [4.69, 9.17) is 18.6 Å². The van der Waals surface area contributed by atoms with Crippen molar-refractivity contribution in [2.24, 2.45) is 0 Å². The van der Waals surface area contributed by atoms with E-state index >= 15 is 0 Å². The van der Waals surface area contributed by atoms with Crippen molar-refractivity contribution in [3.63, 3.8) is 0 Å². The number of nitrogens with zero attached hydrogens (tertiary/aromatic N) is 1. The second kappa shape index (κ2) is 11.6. The fraction of sp³-hybridized carbons (Fsp3) is 0.107. The number of para-hydroxylation sites is 3. The van der Waals surface area contributed by atoms with Crippen LogP contribution in [0.2, 0.25) is 0 Å². The first kappa shape index (κ1) is 25.1. The summed E-state index contributed by atoms with van der Waals surface area (Å²) in [5.41, 5.74) is 0.893. The molecule has 0 saturated heterocycles. The summed E-state index contributed by atoms with van der Waals surface area (Å²) in [6.45, 7) is 3.87. The molecule has 0 spiro atoms. The highest BCUT2D eigenvalue weighted by molar-refractivity contribution is 6.02. The summed E-state index contributed by atoms with van der Waals surface area (Å²) in [5.74, 6) is 1.56. The quantitative estimate of drug-likeness (QED) is 0.141. The molecule has 0 bridgehead atoms. The number of benzene rings is 3. The van der Waals surface area contributed by atoms with Gasteiger partial charge in [0, 0.05) is 12.1 Å². The first-order chi connectivity index (χ1) is 18.0. The fourth-order valence-corrected chi connectivity index (χ4v) is 3.54. The Morgan fingerprint density at radius 1 is 1.03 bits per heavy atom. The molecule has 0 unspecified atom stereocenters. The molecule has 0 atom stereocenters. The van der Waals surface area contributed by atoms with E-state index in [1.165, 1.54) is 31.4 Å². The number of furan rings is 1. The highest BCUT2D eigenvalue weighted by Crippen LogP contribution is 2.34. The van der Waals surface area contributed by atoms with Gasteiger partial charge in [0.25, 0.3) is 11.6 Å². The van der Waals surface area contributed by atoms with Crippen LogP contribution in [0.4, 0.5) is 11.4 Å². The number of carbonyl (C=O) groups excluding carboxylic acids is 1. The summed E-state index contributed by atoms with van der Waals surface area (Å²) >= 11 is 0. The lowest BCUT2D eigenvalue weighted by molar-refractivity contribution is -0.384. The Balaban J connectivity index is 1.47. The SMILES string of the molecule is C=CCc1ccccc1OCc1ccc(C(=O)Nc2cc(Oc3ccccc3OC)cc([N+](=O)[O-])c2)o1. The second-order valence-corrected chi connectivity index (χ2v) is 7.83. The Morgan fingerprint density at radius 3 is 2.49 bits per heavy atom. The van der Waals surface area contributed by atoms with Crippen LogP contribution >= 0.6 is 0 Å². The van der Waals surface area contributed by atoms with Crippen molar-refractivity contribution in [3.05, 3.63) is 119 Å². The van der Waals surface area contributed by atoms with Gasteiger partial charge in [0.1, 0.15) is 23.9 Å². The molecule has 0 radical (unpaired) electrons. The molecule has 37 heavy (non-hydrogen) atoms. The maximum absolute atomic E-state index is 12.8. The zero-order valence-electron chi connectivity index (χ0n) is 20.0. The molecule has 1 amide bonds. The molecule has 1 aromatic heterocycles. The Kier molecular flexibility index (Phi) is 7.85. The van der Waals surface area contributed by atoms with Crippen LogP contribution < -0.4 is 19.5 Å². The average molecular weight is 501 g/mol. The summed E-state index contributed by atoms with van der Waals surface area (Å²) in [6.07, 6.45) is 2.45. The first-order valence-corrected chi connectivity index (χ1v) is 11.3. The van der Waals surface area contributed by atoms with Gasteiger partial charge in [0.15, 0.2) is 17.3 Å². The van der Waals surface area contributed by atoms with Crippen LogP contribution in [0.15, 0.2) is 95.9 Å². The van der Waals surface area contributed by atoms with Gasteiger partial charge in [-0.25, -0.2) is 0 Å². The lowest BCUT2D eigenvalue weighted by Gasteiger charge is -2.11. The largest absolute Gasteiger partial charge is 0.493 e. The number of nitro benzene ring substituents is 1. The van der Waals surface area contributed by atoms with Crippen LogP contribution in [0.1, 0.15) is 21.9 Å². The van der Waals surface area contributed by atoms with E-state index in [-0.39, 0.29) is 29.5 Å². The van der Waals surface area contributed by atoms with E-state index < -0.39 is 10.8 Å². The number of hydrogen-bond donors (Lipinski definition) is 1. The summed E-state index contributed by atoms with van der Waals surface area (Å²) in [6, 6.07) is 21.6. The van der Waals surface area contributed by atoms with Gasteiger partial charge in [0.2, 0.25) is 0 Å². The predicted octanol–water partition coefficient (Wildman–Crippen LogP) is 6.55. The monoisotopic (exact) mass is 500 g/mol. The van der Waals surface area contributed by atoms with Gasteiger partial charge in [-0.15, -0.1) is 6.58 Å². The average Bonchev–Trinajstić information content (AvgIpc) is 3.38. The van der Waals surface area contributed by atoms with Gasteiger partial charge >= 0.3 is 0 Å². The Labute approximate surface area is 213 Å². The van der Waals surface area contributed by atoms with Crippen LogP contribution in [0.3, 0.4) is 0 Å². The van der Waals surface area contributed by atoms with Crippen molar-refractivity contribution in [1.82, 2.24) is 0 Å². The zero-order chi connectivity index (χ0) is 26.2. The van der Waals surface area contributed by atoms with Crippen molar-refractivity contribution in [3.8, 4) is 23.0 Å². The van der Waals surface area contributed by atoms with Gasteiger partial charge < -0.3 is 23.9 Å². The molecule has 4 aromatic rings. The number of ether oxygens (including phenoxy) is 3. The van der Waals surface area contributed by atoms with E-state index in [0.717, 1.165) is 5.56 Å². The maximum Gasteiger partial charge on any atom is 0.291 e. The third-order valence-electron chi connectivity index (χ3n) is 5.25. The molecule has 9 heteroatoms. The Bertz CT molecular complexity index is 1430. The van der Waals surface area contributed by atoms with Crippen molar-refractivity contribution in [1.29, 1.82) is 0 Å². The van der Waals surface area contributed by atoms with Gasteiger partial charge in [-0.2, -0.15) is 0 Å². The first-order valence-electron chi connectivity index (χ1n) is 11.3. The molecule has 0 aliphatic carbocycles. The smallest absolute Gasteiger partial charge is 0.291 e. The Morgan fingerprint density at radius 2 is 1.76 bits per heavy atom.